The van der Waals surface area contributed by atoms with Crippen LogP contribution >= 0.6 is 23.8 Å². The third-order valence-electron chi connectivity index (χ3n) is 5.06. The van der Waals surface area contributed by atoms with Crippen molar-refractivity contribution in [2.45, 2.75) is 19.9 Å². The molecule has 5 nitrogen and oxygen atoms in total. The highest BCUT2D eigenvalue weighted by atomic mass is 35.5. The molecule has 1 heterocycles. The summed E-state index contributed by atoms with van der Waals surface area (Å²) in [6, 6.07) is 23.2. The largest absolute Gasteiger partial charge is 0.493 e. The molecule has 0 saturated carbocycles. The summed E-state index contributed by atoms with van der Waals surface area (Å²) in [5.41, 5.74) is 4.19. The Balaban J connectivity index is 1.62. The number of benzene rings is 3. The van der Waals surface area contributed by atoms with Gasteiger partial charge in [0.2, 0.25) is 11.0 Å². The van der Waals surface area contributed by atoms with E-state index < -0.39 is 0 Å². The minimum Gasteiger partial charge on any atom is -0.493 e. The van der Waals surface area contributed by atoms with Gasteiger partial charge in [-0.05, 0) is 54.0 Å². The molecular weight excluding hydrogens is 428 g/mol. The monoisotopic (exact) mass is 448 g/mol. The van der Waals surface area contributed by atoms with E-state index >= 15 is 0 Å². The van der Waals surface area contributed by atoms with E-state index in [9.17, 15) is 5.11 Å². The standard InChI is InChI=1S/C24H21ClN4OS/c1-2-16-11-13-18(14-12-16)26-24(31)28-27-22-19-8-4-6-10-21(19)29(23(22)30)15-17-7-3-5-9-20(17)25/h3-14,30H,2,15H2,1H3,(H,26,31). The van der Waals surface area contributed by atoms with Gasteiger partial charge in [0, 0.05) is 16.1 Å². The van der Waals surface area contributed by atoms with Crippen molar-refractivity contribution in [3.63, 3.8) is 0 Å². The van der Waals surface area contributed by atoms with Gasteiger partial charge in [-0.25, -0.2) is 0 Å². The molecule has 1 aromatic heterocycles. The Morgan fingerprint density at radius 1 is 1.03 bits per heavy atom. The summed E-state index contributed by atoms with van der Waals surface area (Å²) in [4.78, 5) is 0. The van der Waals surface area contributed by atoms with Crippen LogP contribution in [0.3, 0.4) is 0 Å². The summed E-state index contributed by atoms with van der Waals surface area (Å²) in [6.45, 7) is 2.52. The molecule has 0 saturated heterocycles. The summed E-state index contributed by atoms with van der Waals surface area (Å²) in [6.07, 6.45) is 0.974. The predicted octanol–water partition coefficient (Wildman–Crippen LogP) is 7.09. The Labute approximate surface area is 191 Å². The van der Waals surface area contributed by atoms with Crippen LogP contribution in [0.4, 0.5) is 11.4 Å². The van der Waals surface area contributed by atoms with E-state index in [-0.39, 0.29) is 11.0 Å². The quantitative estimate of drug-likeness (QED) is 0.253. The number of rotatable bonds is 5. The molecule has 4 aromatic rings. The molecule has 0 aliphatic rings. The second kappa shape index (κ2) is 9.29. The van der Waals surface area contributed by atoms with Crippen molar-refractivity contribution in [1.82, 2.24) is 4.57 Å². The molecular formula is C24H21ClN4OS. The lowest BCUT2D eigenvalue weighted by Crippen LogP contribution is -2.04. The van der Waals surface area contributed by atoms with Crippen molar-refractivity contribution >= 4 is 51.2 Å². The minimum absolute atomic E-state index is 0.0139. The van der Waals surface area contributed by atoms with E-state index in [2.05, 4.69) is 22.5 Å². The van der Waals surface area contributed by atoms with Crippen LogP contribution in [0.2, 0.25) is 5.02 Å². The van der Waals surface area contributed by atoms with Crippen molar-refractivity contribution in [3.8, 4) is 5.88 Å². The second-order valence-corrected chi connectivity index (χ2v) is 7.84. The molecule has 0 fully saturated rings. The van der Waals surface area contributed by atoms with Crippen LogP contribution in [-0.2, 0) is 13.0 Å². The van der Waals surface area contributed by atoms with Gasteiger partial charge in [-0.1, -0.05) is 67.1 Å². The van der Waals surface area contributed by atoms with Crippen molar-refractivity contribution in [1.29, 1.82) is 0 Å². The van der Waals surface area contributed by atoms with Crippen LogP contribution in [-0.4, -0.2) is 14.8 Å². The molecule has 0 amide bonds. The van der Waals surface area contributed by atoms with Gasteiger partial charge in [0.1, 0.15) is 0 Å². The first-order chi connectivity index (χ1) is 15.1. The van der Waals surface area contributed by atoms with Gasteiger partial charge < -0.3 is 15.0 Å². The molecule has 0 unspecified atom stereocenters. The highest BCUT2D eigenvalue weighted by molar-refractivity contribution is 7.80. The fraction of sp³-hybridized carbons (Fsp3) is 0.125. The fourth-order valence-electron chi connectivity index (χ4n) is 3.39. The van der Waals surface area contributed by atoms with E-state index in [0.717, 1.165) is 28.6 Å². The number of hydrogen-bond donors (Lipinski definition) is 2. The Morgan fingerprint density at radius 3 is 2.48 bits per heavy atom. The SMILES string of the molecule is CCc1ccc(NC(=S)N=Nc2c(O)n(Cc3ccccc3Cl)c3ccccc23)cc1. The third kappa shape index (κ3) is 4.60. The van der Waals surface area contributed by atoms with Crippen LogP contribution < -0.4 is 5.32 Å². The van der Waals surface area contributed by atoms with Crippen LogP contribution in [0.25, 0.3) is 10.9 Å². The zero-order valence-corrected chi connectivity index (χ0v) is 18.5. The fourth-order valence-corrected chi connectivity index (χ4v) is 3.75. The zero-order valence-electron chi connectivity index (χ0n) is 16.9. The van der Waals surface area contributed by atoms with Gasteiger partial charge in [-0.15, -0.1) is 10.2 Å². The Bertz CT molecular complexity index is 1260. The van der Waals surface area contributed by atoms with Crippen LogP contribution in [0, 0.1) is 0 Å². The van der Waals surface area contributed by atoms with E-state index in [0.29, 0.717) is 17.3 Å². The molecule has 0 radical (unpaired) electrons. The lowest BCUT2D eigenvalue weighted by molar-refractivity contribution is 0.429. The summed E-state index contributed by atoms with van der Waals surface area (Å²) < 4.78 is 1.77. The lowest BCUT2D eigenvalue weighted by Gasteiger charge is -2.08. The molecule has 0 spiro atoms. The molecule has 0 aliphatic carbocycles. The summed E-state index contributed by atoms with van der Waals surface area (Å²) in [5.74, 6) is 0.0139. The van der Waals surface area contributed by atoms with Crippen molar-refractivity contribution in [2.24, 2.45) is 10.2 Å². The van der Waals surface area contributed by atoms with Gasteiger partial charge >= 0.3 is 0 Å². The first kappa shape index (κ1) is 21.0. The third-order valence-corrected chi connectivity index (χ3v) is 5.61. The first-order valence-electron chi connectivity index (χ1n) is 9.92. The van der Waals surface area contributed by atoms with Gasteiger partial charge in [0.25, 0.3) is 0 Å². The maximum atomic E-state index is 10.9. The van der Waals surface area contributed by atoms with E-state index in [1.807, 2.05) is 72.8 Å². The van der Waals surface area contributed by atoms with Crippen LogP contribution in [0.15, 0.2) is 83.0 Å². The Morgan fingerprint density at radius 2 is 1.74 bits per heavy atom. The lowest BCUT2D eigenvalue weighted by atomic mass is 10.1. The molecule has 7 heteroatoms. The Kier molecular flexibility index (Phi) is 6.30. The zero-order chi connectivity index (χ0) is 21.8. The number of halogens is 1. The second-order valence-electron chi connectivity index (χ2n) is 7.05. The molecule has 156 valence electrons. The molecule has 0 bridgehead atoms. The highest BCUT2D eigenvalue weighted by Gasteiger charge is 2.17. The maximum Gasteiger partial charge on any atom is 0.221 e. The van der Waals surface area contributed by atoms with E-state index in [4.69, 9.17) is 23.8 Å². The number of para-hydroxylation sites is 1. The van der Waals surface area contributed by atoms with Crippen molar-refractivity contribution in [3.05, 3.63) is 88.9 Å². The van der Waals surface area contributed by atoms with Gasteiger partial charge in [0.15, 0.2) is 5.69 Å². The summed E-state index contributed by atoms with van der Waals surface area (Å²) in [7, 11) is 0. The normalized spacial score (nSPS) is 11.3. The number of anilines is 1. The van der Waals surface area contributed by atoms with Gasteiger partial charge in [-0.2, -0.15) is 0 Å². The maximum absolute atomic E-state index is 10.9. The number of nitrogens with one attached hydrogen (secondary N) is 1. The Hall–Kier alpha value is -3.22. The number of azo groups is 1. The number of nitrogens with zero attached hydrogens (tertiary/aromatic N) is 3. The molecule has 2 N–H and O–H groups in total. The minimum atomic E-state index is 0.0139. The van der Waals surface area contributed by atoms with E-state index in [1.54, 1.807) is 4.57 Å². The summed E-state index contributed by atoms with van der Waals surface area (Å²) >= 11 is 11.6. The average Bonchev–Trinajstić information content (AvgIpc) is 3.05. The molecule has 4 rings (SSSR count). The van der Waals surface area contributed by atoms with Crippen LogP contribution in [0.5, 0.6) is 5.88 Å². The number of fused-ring (bicyclic) bond motifs is 1. The van der Waals surface area contributed by atoms with Crippen molar-refractivity contribution < 1.29 is 5.11 Å². The first-order valence-corrected chi connectivity index (χ1v) is 10.7. The summed E-state index contributed by atoms with van der Waals surface area (Å²) in [5, 5.41) is 24.0. The average molecular weight is 449 g/mol. The predicted molar refractivity (Wildman–Crippen MR) is 131 cm³/mol. The molecule has 0 atom stereocenters. The highest BCUT2D eigenvalue weighted by Crippen LogP contribution is 2.39. The molecule has 3 aromatic carbocycles. The van der Waals surface area contributed by atoms with Crippen LogP contribution in [0.1, 0.15) is 18.1 Å². The smallest absolute Gasteiger partial charge is 0.221 e. The number of thiocarbonyl (C=S) groups is 1. The molecule has 0 aliphatic heterocycles. The number of aromatic nitrogens is 1. The number of aryl methyl sites for hydroxylation is 1. The van der Waals surface area contributed by atoms with E-state index in [1.165, 1.54) is 5.56 Å². The van der Waals surface area contributed by atoms with Crippen molar-refractivity contribution in [2.75, 3.05) is 5.32 Å². The number of hydrogen-bond acceptors (Lipinski definition) is 3. The molecule has 31 heavy (non-hydrogen) atoms. The van der Waals surface area contributed by atoms with Gasteiger partial charge in [-0.3, -0.25) is 0 Å². The number of aromatic hydroxyl groups is 1. The van der Waals surface area contributed by atoms with Gasteiger partial charge in [0.05, 0.1) is 12.1 Å². The topological polar surface area (TPSA) is 61.9 Å².